The van der Waals surface area contributed by atoms with Crippen LogP contribution in [0.4, 0.5) is 0 Å². The molecule has 1 N–H and O–H groups in total. The molecule has 1 aromatic rings. The summed E-state index contributed by atoms with van der Waals surface area (Å²) in [5.41, 5.74) is 1.06. The summed E-state index contributed by atoms with van der Waals surface area (Å²) in [6, 6.07) is 1.94. The van der Waals surface area contributed by atoms with Crippen LogP contribution in [0.3, 0.4) is 0 Å². The van der Waals surface area contributed by atoms with Gasteiger partial charge in [-0.3, -0.25) is 0 Å². The number of hydrogen-bond acceptors (Lipinski definition) is 4. The minimum Gasteiger partial charge on any atom is -0.314 e. The van der Waals surface area contributed by atoms with E-state index >= 15 is 0 Å². The van der Waals surface area contributed by atoms with Gasteiger partial charge in [-0.1, -0.05) is 6.92 Å². The zero-order valence-electron chi connectivity index (χ0n) is 8.08. The Hall–Kier alpha value is -0.610. The summed E-state index contributed by atoms with van der Waals surface area (Å²) >= 11 is 1.84. The molecule has 0 saturated carbocycles. The van der Waals surface area contributed by atoms with E-state index in [4.69, 9.17) is 0 Å². The lowest BCUT2D eigenvalue weighted by Gasteiger charge is -2.01. The van der Waals surface area contributed by atoms with Crippen molar-refractivity contribution in [1.29, 1.82) is 0 Å². The highest BCUT2D eigenvalue weighted by Gasteiger charge is 1.97. The Kier molecular flexibility index (Phi) is 4.78. The SMILES string of the molecule is CCSCc1nccc(CNC)n1. The molecule has 1 rings (SSSR count). The van der Waals surface area contributed by atoms with Crippen LogP contribution < -0.4 is 5.32 Å². The number of hydrogen-bond donors (Lipinski definition) is 1. The molecule has 0 atom stereocenters. The highest BCUT2D eigenvalue weighted by molar-refractivity contribution is 7.98. The second-order valence-electron chi connectivity index (χ2n) is 2.63. The molecule has 72 valence electrons. The minimum absolute atomic E-state index is 0.812. The topological polar surface area (TPSA) is 37.8 Å². The summed E-state index contributed by atoms with van der Waals surface area (Å²) in [4.78, 5) is 8.60. The fourth-order valence-electron chi connectivity index (χ4n) is 0.984. The zero-order chi connectivity index (χ0) is 9.52. The number of rotatable bonds is 5. The lowest BCUT2D eigenvalue weighted by atomic mass is 10.4. The van der Waals surface area contributed by atoms with Gasteiger partial charge in [0.25, 0.3) is 0 Å². The maximum Gasteiger partial charge on any atom is 0.138 e. The Morgan fingerprint density at radius 1 is 1.54 bits per heavy atom. The van der Waals surface area contributed by atoms with Crippen molar-refractivity contribution in [3.05, 3.63) is 23.8 Å². The van der Waals surface area contributed by atoms with Crippen LogP contribution in [0, 0.1) is 0 Å². The third-order valence-electron chi connectivity index (χ3n) is 1.56. The Labute approximate surface area is 83.4 Å². The summed E-state index contributed by atoms with van der Waals surface area (Å²) in [5.74, 6) is 2.95. The van der Waals surface area contributed by atoms with Gasteiger partial charge < -0.3 is 5.32 Å². The van der Waals surface area contributed by atoms with Gasteiger partial charge in [0.15, 0.2) is 0 Å². The Morgan fingerprint density at radius 3 is 3.08 bits per heavy atom. The lowest BCUT2D eigenvalue weighted by Crippen LogP contribution is -2.08. The molecule has 0 aliphatic heterocycles. The van der Waals surface area contributed by atoms with Crippen molar-refractivity contribution in [2.24, 2.45) is 0 Å². The van der Waals surface area contributed by atoms with Gasteiger partial charge in [-0.05, 0) is 18.9 Å². The van der Waals surface area contributed by atoms with Crippen molar-refractivity contribution in [2.45, 2.75) is 19.2 Å². The van der Waals surface area contributed by atoms with Gasteiger partial charge in [-0.2, -0.15) is 11.8 Å². The summed E-state index contributed by atoms with van der Waals surface area (Å²) in [5, 5.41) is 3.07. The van der Waals surface area contributed by atoms with Gasteiger partial charge in [0.1, 0.15) is 5.82 Å². The molecule has 1 aromatic heterocycles. The molecule has 4 heteroatoms. The van der Waals surface area contributed by atoms with Crippen molar-refractivity contribution < 1.29 is 0 Å². The third kappa shape index (κ3) is 3.74. The molecule has 0 aliphatic carbocycles. The molecule has 1 heterocycles. The number of nitrogens with one attached hydrogen (secondary N) is 1. The van der Waals surface area contributed by atoms with Crippen molar-refractivity contribution in [3.63, 3.8) is 0 Å². The highest BCUT2D eigenvalue weighted by atomic mass is 32.2. The first-order valence-corrected chi connectivity index (χ1v) is 5.55. The summed E-state index contributed by atoms with van der Waals surface area (Å²) in [6.07, 6.45) is 1.82. The molecule has 0 aliphatic rings. The van der Waals surface area contributed by atoms with Gasteiger partial charge in [-0.25, -0.2) is 9.97 Å². The quantitative estimate of drug-likeness (QED) is 0.775. The second-order valence-corrected chi connectivity index (χ2v) is 3.91. The van der Waals surface area contributed by atoms with Crippen molar-refractivity contribution >= 4 is 11.8 Å². The summed E-state index contributed by atoms with van der Waals surface area (Å²) in [6.45, 7) is 2.95. The first-order chi connectivity index (χ1) is 6.36. The molecule has 0 amide bonds. The first kappa shape index (κ1) is 10.5. The van der Waals surface area contributed by atoms with E-state index in [1.54, 1.807) is 0 Å². The number of thioether (sulfide) groups is 1. The number of aromatic nitrogens is 2. The Morgan fingerprint density at radius 2 is 2.38 bits per heavy atom. The maximum absolute atomic E-state index is 4.41. The molecule has 0 saturated heterocycles. The number of nitrogens with zero attached hydrogens (tertiary/aromatic N) is 2. The molecular weight excluding hydrogens is 182 g/mol. The van der Waals surface area contributed by atoms with Gasteiger partial charge >= 0.3 is 0 Å². The highest BCUT2D eigenvalue weighted by Crippen LogP contribution is 2.07. The minimum atomic E-state index is 0.812. The smallest absolute Gasteiger partial charge is 0.138 e. The predicted molar refractivity (Wildman–Crippen MR) is 56.6 cm³/mol. The third-order valence-corrected chi connectivity index (χ3v) is 2.43. The Balaban J connectivity index is 2.56. The largest absolute Gasteiger partial charge is 0.314 e. The van der Waals surface area contributed by atoms with Gasteiger partial charge in [0.2, 0.25) is 0 Å². The van der Waals surface area contributed by atoms with Crippen LogP contribution in [0.15, 0.2) is 12.3 Å². The van der Waals surface area contributed by atoms with Crippen molar-refractivity contribution in [3.8, 4) is 0 Å². The molecule has 3 nitrogen and oxygen atoms in total. The fraction of sp³-hybridized carbons (Fsp3) is 0.556. The molecule has 0 aromatic carbocycles. The molecule has 0 spiro atoms. The first-order valence-electron chi connectivity index (χ1n) is 4.40. The van der Waals surface area contributed by atoms with E-state index in [-0.39, 0.29) is 0 Å². The summed E-state index contributed by atoms with van der Waals surface area (Å²) < 4.78 is 0. The monoisotopic (exact) mass is 197 g/mol. The fourth-order valence-corrected chi connectivity index (χ4v) is 1.51. The van der Waals surface area contributed by atoms with E-state index < -0.39 is 0 Å². The normalized spacial score (nSPS) is 10.3. The van der Waals surface area contributed by atoms with E-state index in [1.165, 1.54) is 0 Å². The predicted octanol–water partition coefficient (Wildman–Crippen LogP) is 1.45. The van der Waals surface area contributed by atoms with E-state index in [1.807, 2.05) is 31.1 Å². The average Bonchev–Trinajstić information content (AvgIpc) is 2.16. The van der Waals surface area contributed by atoms with Gasteiger partial charge in [0, 0.05) is 12.7 Å². The molecule has 0 radical (unpaired) electrons. The van der Waals surface area contributed by atoms with Gasteiger partial charge in [0.05, 0.1) is 11.4 Å². The second kappa shape index (κ2) is 5.94. The van der Waals surface area contributed by atoms with Crippen LogP contribution >= 0.6 is 11.8 Å². The molecule has 0 fully saturated rings. The Bertz CT molecular complexity index is 252. The maximum atomic E-state index is 4.41. The molecular formula is C9H15N3S. The van der Waals surface area contributed by atoms with Crippen LogP contribution in [0.1, 0.15) is 18.4 Å². The summed E-state index contributed by atoms with van der Waals surface area (Å²) in [7, 11) is 1.92. The van der Waals surface area contributed by atoms with Gasteiger partial charge in [-0.15, -0.1) is 0 Å². The van der Waals surface area contributed by atoms with E-state index in [0.29, 0.717) is 0 Å². The van der Waals surface area contributed by atoms with E-state index in [0.717, 1.165) is 29.6 Å². The van der Waals surface area contributed by atoms with Crippen LogP contribution in [0.2, 0.25) is 0 Å². The molecule has 13 heavy (non-hydrogen) atoms. The standard InChI is InChI=1S/C9H15N3S/c1-3-13-7-9-11-5-4-8(12-9)6-10-2/h4-5,10H,3,6-7H2,1-2H3. The molecule has 0 unspecified atom stereocenters. The van der Waals surface area contributed by atoms with Crippen LogP contribution in [0.5, 0.6) is 0 Å². The molecule has 0 bridgehead atoms. The van der Waals surface area contributed by atoms with Crippen LogP contribution in [0.25, 0.3) is 0 Å². The lowest BCUT2D eigenvalue weighted by molar-refractivity contribution is 0.777. The van der Waals surface area contributed by atoms with E-state index in [9.17, 15) is 0 Å². The van der Waals surface area contributed by atoms with Crippen molar-refractivity contribution in [2.75, 3.05) is 12.8 Å². The van der Waals surface area contributed by atoms with E-state index in [2.05, 4.69) is 22.2 Å². The van der Waals surface area contributed by atoms with Crippen LogP contribution in [-0.2, 0) is 12.3 Å². The zero-order valence-corrected chi connectivity index (χ0v) is 8.90. The van der Waals surface area contributed by atoms with Crippen molar-refractivity contribution in [1.82, 2.24) is 15.3 Å². The van der Waals surface area contributed by atoms with Crippen LogP contribution in [-0.4, -0.2) is 22.8 Å². The average molecular weight is 197 g/mol.